The minimum atomic E-state index is -0.574. The van der Waals surface area contributed by atoms with E-state index >= 15 is 0 Å². The Kier molecular flexibility index (Phi) is 3.88. The minimum Gasteiger partial charge on any atom is -0.388 e. The molecule has 0 saturated carbocycles. The molecule has 0 fully saturated rings. The predicted molar refractivity (Wildman–Crippen MR) is 54.0 cm³/mol. The molecule has 0 radical (unpaired) electrons. The monoisotopic (exact) mass is 246 g/mol. The third-order valence-electron chi connectivity index (χ3n) is 1.88. The molecule has 0 bridgehead atoms. The number of halogens is 2. The zero-order valence-corrected chi connectivity index (χ0v) is 9.01. The Morgan fingerprint density at radius 3 is 2.85 bits per heavy atom. The van der Waals surface area contributed by atoms with Crippen LogP contribution in [-0.4, -0.2) is 5.11 Å². The van der Waals surface area contributed by atoms with Crippen LogP contribution < -0.4 is 0 Å². The van der Waals surface area contributed by atoms with Gasteiger partial charge >= 0.3 is 0 Å². The van der Waals surface area contributed by atoms with Crippen LogP contribution in [-0.2, 0) is 0 Å². The van der Waals surface area contributed by atoms with Gasteiger partial charge in [0.1, 0.15) is 5.82 Å². The zero-order valence-electron chi connectivity index (χ0n) is 7.43. The average molecular weight is 247 g/mol. The molecule has 13 heavy (non-hydrogen) atoms. The van der Waals surface area contributed by atoms with Gasteiger partial charge in [-0.2, -0.15) is 0 Å². The van der Waals surface area contributed by atoms with Gasteiger partial charge in [0, 0.05) is 4.47 Å². The molecule has 0 spiro atoms. The first-order chi connectivity index (χ1) is 6.15. The summed E-state index contributed by atoms with van der Waals surface area (Å²) in [6.45, 7) is 1.98. The molecule has 1 N–H and O–H groups in total. The van der Waals surface area contributed by atoms with Gasteiger partial charge in [-0.3, -0.25) is 0 Å². The third kappa shape index (κ3) is 2.78. The van der Waals surface area contributed by atoms with Crippen molar-refractivity contribution in [1.82, 2.24) is 0 Å². The fourth-order valence-electron chi connectivity index (χ4n) is 1.20. The van der Waals surface area contributed by atoms with Crippen LogP contribution in [0.2, 0.25) is 0 Å². The van der Waals surface area contributed by atoms with E-state index < -0.39 is 6.10 Å². The maximum atomic E-state index is 12.8. The number of rotatable bonds is 3. The summed E-state index contributed by atoms with van der Waals surface area (Å²) < 4.78 is 13.6. The summed E-state index contributed by atoms with van der Waals surface area (Å²) in [4.78, 5) is 0. The first-order valence-corrected chi connectivity index (χ1v) is 5.07. The van der Waals surface area contributed by atoms with Gasteiger partial charge in [-0.05, 0) is 30.2 Å². The first-order valence-electron chi connectivity index (χ1n) is 4.28. The van der Waals surface area contributed by atoms with E-state index in [1.54, 1.807) is 6.07 Å². The molecule has 0 aliphatic rings. The van der Waals surface area contributed by atoms with Crippen molar-refractivity contribution in [3.8, 4) is 0 Å². The highest BCUT2D eigenvalue weighted by Crippen LogP contribution is 2.26. The van der Waals surface area contributed by atoms with Crippen LogP contribution in [0.25, 0.3) is 0 Å². The zero-order chi connectivity index (χ0) is 9.84. The van der Waals surface area contributed by atoms with Crippen molar-refractivity contribution in [2.45, 2.75) is 25.9 Å². The first kappa shape index (κ1) is 10.7. The van der Waals surface area contributed by atoms with E-state index in [4.69, 9.17) is 0 Å². The maximum absolute atomic E-state index is 12.8. The summed E-state index contributed by atoms with van der Waals surface area (Å²) >= 11 is 3.27. The Morgan fingerprint density at radius 1 is 1.54 bits per heavy atom. The summed E-state index contributed by atoms with van der Waals surface area (Å²) in [5, 5.41) is 9.63. The molecule has 0 amide bonds. The molecular weight excluding hydrogens is 235 g/mol. The normalized spacial score (nSPS) is 12.9. The van der Waals surface area contributed by atoms with E-state index in [-0.39, 0.29) is 5.82 Å². The predicted octanol–water partition coefficient (Wildman–Crippen LogP) is 3.42. The standard InChI is InChI=1S/C10H12BrFO/c1-2-3-10(13)8-6-7(12)4-5-9(8)11/h4-6,10,13H,2-3H2,1H3. The van der Waals surface area contributed by atoms with Crippen LogP contribution in [0.15, 0.2) is 22.7 Å². The fraction of sp³-hybridized carbons (Fsp3) is 0.400. The van der Waals surface area contributed by atoms with Gasteiger partial charge in [0.25, 0.3) is 0 Å². The molecule has 1 rings (SSSR count). The number of hydrogen-bond acceptors (Lipinski definition) is 1. The van der Waals surface area contributed by atoms with Gasteiger partial charge in [-0.1, -0.05) is 29.3 Å². The van der Waals surface area contributed by atoms with Crippen LogP contribution in [0, 0.1) is 5.82 Å². The van der Waals surface area contributed by atoms with Crippen molar-refractivity contribution < 1.29 is 9.50 Å². The van der Waals surface area contributed by atoms with E-state index in [0.29, 0.717) is 12.0 Å². The van der Waals surface area contributed by atoms with E-state index in [0.717, 1.165) is 10.9 Å². The van der Waals surface area contributed by atoms with Crippen molar-refractivity contribution in [1.29, 1.82) is 0 Å². The molecule has 0 heterocycles. The highest BCUT2D eigenvalue weighted by atomic mass is 79.9. The Labute approximate surface area is 85.7 Å². The lowest BCUT2D eigenvalue weighted by atomic mass is 10.1. The average Bonchev–Trinajstić information content (AvgIpc) is 2.09. The molecule has 1 atom stereocenters. The van der Waals surface area contributed by atoms with Crippen LogP contribution >= 0.6 is 15.9 Å². The van der Waals surface area contributed by atoms with E-state index in [1.165, 1.54) is 12.1 Å². The van der Waals surface area contributed by atoms with Crippen LogP contribution in [0.1, 0.15) is 31.4 Å². The van der Waals surface area contributed by atoms with E-state index in [1.807, 2.05) is 6.92 Å². The maximum Gasteiger partial charge on any atom is 0.123 e. The van der Waals surface area contributed by atoms with Crippen LogP contribution in [0.3, 0.4) is 0 Å². The molecule has 72 valence electrons. The summed E-state index contributed by atoms with van der Waals surface area (Å²) in [7, 11) is 0. The topological polar surface area (TPSA) is 20.2 Å². The summed E-state index contributed by atoms with van der Waals surface area (Å²) in [6, 6.07) is 4.35. The Bertz CT molecular complexity index is 288. The van der Waals surface area contributed by atoms with Crippen LogP contribution in [0.4, 0.5) is 4.39 Å². The van der Waals surface area contributed by atoms with Crippen molar-refractivity contribution >= 4 is 15.9 Å². The Morgan fingerprint density at radius 2 is 2.23 bits per heavy atom. The third-order valence-corrected chi connectivity index (χ3v) is 2.60. The second-order valence-electron chi connectivity index (χ2n) is 2.97. The molecule has 1 aromatic rings. The Balaban J connectivity index is 2.91. The van der Waals surface area contributed by atoms with Crippen molar-refractivity contribution in [2.24, 2.45) is 0 Å². The summed E-state index contributed by atoms with van der Waals surface area (Å²) in [5.41, 5.74) is 0.627. The van der Waals surface area contributed by atoms with E-state index in [2.05, 4.69) is 15.9 Å². The summed E-state index contributed by atoms with van der Waals surface area (Å²) in [6.07, 6.45) is 0.960. The lowest BCUT2D eigenvalue weighted by Crippen LogP contribution is -1.98. The van der Waals surface area contributed by atoms with Gasteiger partial charge in [-0.15, -0.1) is 0 Å². The molecule has 0 aliphatic heterocycles. The SMILES string of the molecule is CCCC(O)c1cc(F)ccc1Br. The van der Waals surface area contributed by atoms with Gasteiger partial charge < -0.3 is 5.11 Å². The van der Waals surface area contributed by atoms with Crippen molar-refractivity contribution in [3.63, 3.8) is 0 Å². The number of hydrogen-bond donors (Lipinski definition) is 1. The van der Waals surface area contributed by atoms with Gasteiger partial charge in [0.15, 0.2) is 0 Å². The summed E-state index contributed by atoms with van der Waals surface area (Å²) in [5.74, 6) is -0.312. The molecule has 1 aromatic carbocycles. The molecule has 1 unspecified atom stereocenters. The Hall–Kier alpha value is -0.410. The molecular formula is C10H12BrFO. The lowest BCUT2D eigenvalue weighted by molar-refractivity contribution is 0.165. The van der Waals surface area contributed by atoms with E-state index in [9.17, 15) is 9.50 Å². The fourth-order valence-corrected chi connectivity index (χ4v) is 1.71. The number of benzene rings is 1. The second-order valence-corrected chi connectivity index (χ2v) is 3.82. The quantitative estimate of drug-likeness (QED) is 0.867. The van der Waals surface area contributed by atoms with Crippen molar-refractivity contribution in [2.75, 3.05) is 0 Å². The molecule has 0 saturated heterocycles. The van der Waals surface area contributed by atoms with Crippen LogP contribution in [0.5, 0.6) is 0 Å². The highest BCUT2D eigenvalue weighted by Gasteiger charge is 2.10. The number of aliphatic hydroxyl groups is 1. The largest absolute Gasteiger partial charge is 0.388 e. The van der Waals surface area contributed by atoms with Crippen molar-refractivity contribution in [3.05, 3.63) is 34.1 Å². The van der Waals surface area contributed by atoms with Gasteiger partial charge in [0.2, 0.25) is 0 Å². The minimum absolute atomic E-state index is 0.312. The molecule has 1 nitrogen and oxygen atoms in total. The van der Waals surface area contributed by atoms with Gasteiger partial charge in [0.05, 0.1) is 6.10 Å². The second kappa shape index (κ2) is 4.72. The molecule has 3 heteroatoms. The number of aliphatic hydroxyl groups excluding tert-OH is 1. The molecule has 0 aliphatic carbocycles. The lowest BCUT2D eigenvalue weighted by Gasteiger charge is -2.11. The smallest absolute Gasteiger partial charge is 0.123 e. The molecule has 0 aromatic heterocycles. The van der Waals surface area contributed by atoms with Gasteiger partial charge in [-0.25, -0.2) is 4.39 Å². The highest BCUT2D eigenvalue weighted by molar-refractivity contribution is 9.10.